The zero-order valence-electron chi connectivity index (χ0n) is 11.3. The Kier molecular flexibility index (Phi) is 3.82. The monoisotopic (exact) mass is 381 g/mol. The smallest absolute Gasteiger partial charge is 0.329 e. The van der Waals surface area contributed by atoms with Crippen molar-refractivity contribution in [2.24, 2.45) is 0 Å². The second-order valence-corrected chi connectivity index (χ2v) is 7.52. The summed E-state index contributed by atoms with van der Waals surface area (Å²) in [5.41, 5.74) is 7.73. The summed E-state index contributed by atoms with van der Waals surface area (Å²) in [6.07, 6.45) is 2.96. The molecule has 3 aromatic rings. The number of fused-ring (bicyclic) bond motifs is 1. The van der Waals surface area contributed by atoms with Crippen LogP contribution in [0.25, 0.3) is 16.7 Å². The van der Waals surface area contributed by atoms with Crippen LogP contribution in [0.1, 0.15) is 5.56 Å². The number of hydrogen-bond acceptors (Lipinski definition) is 3. The summed E-state index contributed by atoms with van der Waals surface area (Å²) in [7, 11) is -4.17. The molecule has 0 aliphatic rings. The summed E-state index contributed by atoms with van der Waals surface area (Å²) in [5.74, 6) is 0.601. The van der Waals surface area contributed by atoms with Crippen LogP contribution in [0, 0.1) is 0 Å². The SMILES string of the molecule is Nc1ccnc(-n2cc(CP(=O)(O)O)c3cc(Br)ccc32)c1. The van der Waals surface area contributed by atoms with Gasteiger partial charge in [-0.05, 0) is 29.8 Å². The van der Waals surface area contributed by atoms with Crippen molar-refractivity contribution in [1.82, 2.24) is 9.55 Å². The zero-order valence-corrected chi connectivity index (χ0v) is 13.8. The van der Waals surface area contributed by atoms with Gasteiger partial charge >= 0.3 is 7.60 Å². The Morgan fingerprint density at radius 2 is 2.05 bits per heavy atom. The number of pyridine rings is 1. The van der Waals surface area contributed by atoms with Gasteiger partial charge in [-0.1, -0.05) is 15.9 Å². The molecule has 0 saturated carbocycles. The van der Waals surface area contributed by atoms with Crippen molar-refractivity contribution in [3.05, 3.63) is 52.8 Å². The summed E-state index contributed by atoms with van der Waals surface area (Å²) in [6.45, 7) is 0. The van der Waals surface area contributed by atoms with Crippen molar-refractivity contribution < 1.29 is 14.4 Å². The third-order valence-electron chi connectivity index (χ3n) is 3.24. The summed E-state index contributed by atoms with van der Waals surface area (Å²) in [4.78, 5) is 22.8. The Morgan fingerprint density at radius 3 is 2.73 bits per heavy atom. The van der Waals surface area contributed by atoms with Gasteiger partial charge in [0.05, 0.1) is 11.7 Å². The Labute approximate surface area is 134 Å². The molecule has 8 heteroatoms. The number of rotatable bonds is 3. The predicted octanol–water partition coefficient (Wildman–Crippen LogP) is 3.05. The van der Waals surface area contributed by atoms with E-state index in [0.29, 0.717) is 17.1 Å². The summed E-state index contributed by atoms with van der Waals surface area (Å²) >= 11 is 3.38. The maximum atomic E-state index is 11.4. The summed E-state index contributed by atoms with van der Waals surface area (Å²) < 4.78 is 14.0. The van der Waals surface area contributed by atoms with Crippen molar-refractivity contribution in [3.63, 3.8) is 0 Å². The first kappa shape index (κ1) is 15.2. The van der Waals surface area contributed by atoms with Gasteiger partial charge in [0.25, 0.3) is 0 Å². The zero-order chi connectivity index (χ0) is 15.9. The first-order valence-corrected chi connectivity index (χ1v) is 8.98. The number of halogens is 1. The molecule has 4 N–H and O–H groups in total. The van der Waals surface area contributed by atoms with Gasteiger partial charge in [0, 0.05) is 34.0 Å². The first-order valence-electron chi connectivity index (χ1n) is 6.39. The maximum Gasteiger partial charge on any atom is 0.329 e. The van der Waals surface area contributed by atoms with Crippen LogP contribution in [0.15, 0.2) is 47.2 Å². The molecule has 0 saturated heterocycles. The molecule has 0 aliphatic carbocycles. The lowest BCUT2D eigenvalue weighted by Crippen LogP contribution is -1.97. The fourth-order valence-corrected chi connectivity index (χ4v) is 3.43. The van der Waals surface area contributed by atoms with Crippen molar-refractivity contribution >= 4 is 40.1 Å². The highest BCUT2D eigenvalue weighted by Gasteiger charge is 2.19. The number of nitrogens with two attached hydrogens (primary N) is 1. The van der Waals surface area contributed by atoms with Crippen LogP contribution in [0.4, 0.5) is 5.69 Å². The highest BCUT2D eigenvalue weighted by atomic mass is 79.9. The lowest BCUT2D eigenvalue weighted by atomic mass is 10.2. The molecule has 6 nitrogen and oxygen atoms in total. The Bertz CT molecular complexity index is 903. The number of benzene rings is 1. The molecule has 22 heavy (non-hydrogen) atoms. The summed E-state index contributed by atoms with van der Waals surface area (Å²) in [6, 6.07) is 8.97. The largest absolute Gasteiger partial charge is 0.399 e. The van der Waals surface area contributed by atoms with E-state index in [1.807, 2.05) is 18.2 Å². The van der Waals surface area contributed by atoms with Gasteiger partial charge < -0.3 is 20.1 Å². The Hall–Kier alpha value is -1.66. The van der Waals surface area contributed by atoms with Gasteiger partial charge in [-0.3, -0.25) is 4.57 Å². The average Bonchev–Trinajstić information content (AvgIpc) is 2.75. The Morgan fingerprint density at radius 1 is 1.27 bits per heavy atom. The molecule has 0 unspecified atom stereocenters. The van der Waals surface area contributed by atoms with Gasteiger partial charge in [-0.2, -0.15) is 0 Å². The Balaban J connectivity index is 2.25. The molecule has 2 aromatic heterocycles. The molecule has 1 aromatic carbocycles. The van der Waals surface area contributed by atoms with E-state index in [9.17, 15) is 14.4 Å². The van der Waals surface area contributed by atoms with Crippen molar-refractivity contribution in [3.8, 4) is 5.82 Å². The van der Waals surface area contributed by atoms with E-state index >= 15 is 0 Å². The highest BCUT2D eigenvalue weighted by Crippen LogP contribution is 2.42. The third kappa shape index (κ3) is 3.08. The second kappa shape index (κ2) is 5.52. The van der Waals surface area contributed by atoms with E-state index < -0.39 is 7.60 Å². The topological polar surface area (TPSA) is 101 Å². The van der Waals surface area contributed by atoms with Crippen molar-refractivity contribution in [1.29, 1.82) is 0 Å². The fraction of sp³-hybridized carbons (Fsp3) is 0.0714. The van der Waals surface area contributed by atoms with Gasteiger partial charge in [0.2, 0.25) is 0 Å². The van der Waals surface area contributed by atoms with E-state index in [2.05, 4.69) is 20.9 Å². The third-order valence-corrected chi connectivity index (χ3v) is 4.49. The van der Waals surface area contributed by atoms with Crippen LogP contribution < -0.4 is 5.73 Å². The molecule has 114 valence electrons. The molecular weight excluding hydrogens is 369 g/mol. The molecule has 0 aliphatic heterocycles. The van der Waals surface area contributed by atoms with E-state index in [1.54, 1.807) is 29.1 Å². The lowest BCUT2D eigenvalue weighted by molar-refractivity contribution is 0.372. The number of anilines is 1. The molecule has 3 rings (SSSR count). The van der Waals surface area contributed by atoms with Crippen LogP contribution in [0.5, 0.6) is 0 Å². The number of nitrogen functional groups attached to an aromatic ring is 1. The van der Waals surface area contributed by atoms with E-state index in [4.69, 9.17) is 5.73 Å². The molecule has 0 spiro atoms. The number of aromatic nitrogens is 2. The normalized spacial score (nSPS) is 12.0. The standard InChI is InChI=1S/C14H13BrN3O3P/c15-10-1-2-13-12(5-10)9(8-22(19,20)21)7-18(13)14-6-11(16)3-4-17-14/h1-7H,8H2,(H2,16,17)(H2,19,20,21). The molecule has 0 atom stereocenters. The molecular formula is C14H13BrN3O3P. The minimum atomic E-state index is -4.17. The van der Waals surface area contributed by atoms with E-state index in [-0.39, 0.29) is 6.16 Å². The lowest BCUT2D eigenvalue weighted by Gasteiger charge is -2.05. The average molecular weight is 382 g/mol. The van der Waals surface area contributed by atoms with E-state index in [0.717, 1.165) is 15.4 Å². The summed E-state index contributed by atoms with van der Waals surface area (Å²) in [5, 5.41) is 0.766. The predicted molar refractivity (Wildman–Crippen MR) is 88.9 cm³/mol. The quantitative estimate of drug-likeness (QED) is 0.605. The molecule has 0 amide bonds. The highest BCUT2D eigenvalue weighted by molar-refractivity contribution is 9.10. The minimum Gasteiger partial charge on any atom is -0.399 e. The molecule has 0 fully saturated rings. The first-order chi connectivity index (χ1) is 10.3. The van der Waals surface area contributed by atoms with E-state index in [1.165, 1.54) is 0 Å². The second-order valence-electron chi connectivity index (χ2n) is 4.96. The van der Waals surface area contributed by atoms with Crippen LogP contribution in [0.3, 0.4) is 0 Å². The molecule has 2 heterocycles. The van der Waals surface area contributed by atoms with Crippen molar-refractivity contribution in [2.75, 3.05) is 5.73 Å². The van der Waals surface area contributed by atoms with Gasteiger partial charge in [0.1, 0.15) is 5.82 Å². The van der Waals surface area contributed by atoms with Gasteiger partial charge in [-0.25, -0.2) is 4.98 Å². The van der Waals surface area contributed by atoms with Crippen LogP contribution >= 0.6 is 23.5 Å². The van der Waals surface area contributed by atoms with Gasteiger partial charge in [-0.15, -0.1) is 0 Å². The molecule has 0 bridgehead atoms. The number of nitrogens with zero attached hydrogens (tertiary/aromatic N) is 2. The van der Waals surface area contributed by atoms with Crippen LogP contribution in [-0.4, -0.2) is 19.3 Å². The fourth-order valence-electron chi connectivity index (χ4n) is 2.37. The maximum absolute atomic E-state index is 11.4. The number of hydrogen-bond donors (Lipinski definition) is 3. The van der Waals surface area contributed by atoms with Crippen molar-refractivity contribution in [2.45, 2.75) is 6.16 Å². The minimum absolute atomic E-state index is 0.324. The van der Waals surface area contributed by atoms with Gasteiger partial charge in [0.15, 0.2) is 0 Å². The molecule has 0 radical (unpaired) electrons. The van der Waals surface area contributed by atoms with Crippen LogP contribution in [-0.2, 0) is 10.7 Å². The van der Waals surface area contributed by atoms with Crippen LogP contribution in [0.2, 0.25) is 0 Å².